The van der Waals surface area contributed by atoms with E-state index in [-0.39, 0.29) is 5.41 Å². The van der Waals surface area contributed by atoms with Gasteiger partial charge in [-0.25, -0.2) is 0 Å². The standard InChI is InChI=1S/C12H25NO2/c1-6-11(2)13(7-8-15-5)9-12(3,4)10-14/h10-11H,6-9H2,1-5H3. The van der Waals surface area contributed by atoms with E-state index in [0.717, 1.165) is 32.4 Å². The van der Waals surface area contributed by atoms with Gasteiger partial charge in [-0.15, -0.1) is 0 Å². The lowest BCUT2D eigenvalue weighted by Gasteiger charge is -2.33. The van der Waals surface area contributed by atoms with Gasteiger partial charge in [0.2, 0.25) is 0 Å². The maximum Gasteiger partial charge on any atom is 0.126 e. The number of nitrogens with zero attached hydrogens (tertiary/aromatic N) is 1. The van der Waals surface area contributed by atoms with E-state index in [4.69, 9.17) is 4.74 Å². The SMILES string of the molecule is CCC(C)N(CCOC)CC(C)(C)C=O. The zero-order valence-electron chi connectivity index (χ0n) is 10.7. The number of ether oxygens (including phenoxy) is 1. The Hall–Kier alpha value is -0.410. The number of carbonyl (C=O) groups is 1. The molecule has 3 heteroatoms. The Bertz CT molecular complexity index is 180. The Morgan fingerprint density at radius 1 is 1.47 bits per heavy atom. The van der Waals surface area contributed by atoms with E-state index in [1.54, 1.807) is 7.11 Å². The minimum Gasteiger partial charge on any atom is -0.383 e. The number of rotatable bonds is 8. The van der Waals surface area contributed by atoms with Crippen LogP contribution in [-0.2, 0) is 9.53 Å². The van der Waals surface area contributed by atoms with Crippen LogP contribution in [0.1, 0.15) is 34.1 Å². The van der Waals surface area contributed by atoms with Crippen molar-refractivity contribution in [2.45, 2.75) is 40.2 Å². The van der Waals surface area contributed by atoms with Crippen LogP contribution in [0.15, 0.2) is 0 Å². The van der Waals surface area contributed by atoms with Crippen molar-refractivity contribution >= 4 is 6.29 Å². The van der Waals surface area contributed by atoms with Crippen molar-refractivity contribution in [3.63, 3.8) is 0 Å². The minimum atomic E-state index is -0.267. The lowest BCUT2D eigenvalue weighted by atomic mass is 9.94. The highest BCUT2D eigenvalue weighted by atomic mass is 16.5. The van der Waals surface area contributed by atoms with Crippen LogP contribution in [0.3, 0.4) is 0 Å². The smallest absolute Gasteiger partial charge is 0.126 e. The van der Waals surface area contributed by atoms with Gasteiger partial charge in [-0.3, -0.25) is 4.90 Å². The molecule has 0 aromatic rings. The van der Waals surface area contributed by atoms with Crippen LogP contribution < -0.4 is 0 Å². The first-order valence-corrected chi connectivity index (χ1v) is 5.66. The normalized spacial score (nSPS) is 14.3. The molecule has 0 heterocycles. The van der Waals surface area contributed by atoms with Crippen LogP contribution in [0.25, 0.3) is 0 Å². The highest BCUT2D eigenvalue weighted by Crippen LogP contribution is 2.16. The molecule has 0 radical (unpaired) electrons. The first-order valence-electron chi connectivity index (χ1n) is 5.66. The number of hydrogen-bond acceptors (Lipinski definition) is 3. The van der Waals surface area contributed by atoms with Crippen molar-refractivity contribution in [1.82, 2.24) is 4.90 Å². The molecule has 90 valence electrons. The second-order valence-electron chi connectivity index (χ2n) is 4.83. The lowest BCUT2D eigenvalue weighted by Crippen LogP contribution is -2.42. The fraction of sp³-hybridized carbons (Fsp3) is 0.917. The summed E-state index contributed by atoms with van der Waals surface area (Å²) < 4.78 is 5.09. The third-order valence-electron chi connectivity index (χ3n) is 2.73. The first kappa shape index (κ1) is 14.6. The lowest BCUT2D eigenvalue weighted by molar-refractivity contribution is -0.116. The van der Waals surface area contributed by atoms with Gasteiger partial charge in [0, 0.05) is 31.7 Å². The molecule has 1 atom stereocenters. The van der Waals surface area contributed by atoms with Crippen molar-refractivity contribution in [2.75, 3.05) is 26.8 Å². The third-order valence-corrected chi connectivity index (χ3v) is 2.73. The molecule has 0 aromatic heterocycles. The van der Waals surface area contributed by atoms with E-state index in [2.05, 4.69) is 18.7 Å². The Morgan fingerprint density at radius 2 is 2.07 bits per heavy atom. The molecule has 0 aliphatic carbocycles. The molecule has 0 spiro atoms. The maximum absolute atomic E-state index is 10.9. The largest absolute Gasteiger partial charge is 0.383 e. The van der Waals surface area contributed by atoms with Crippen molar-refractivity contribution < 1.29 is 9.53 Å². The van der Waals surface area contributed by atoms with Crippen molar-refractivity contribution in [3.05, 3.63) is 0 Å². The van der Waals surface area contributed by atoms with E-state index >= 15 is 0 Å². The molecule has 0 fully saturated rings. The Labute approximate surface area is 93.8 Å². The van der Waals surface area contributed by atoms with Crippen LogP contribution in [0.2, 0.25) is 0 Å². The summed E-state index contributed by atoms with van der Waals surface area (Å²) in [6.07, 6.45) is 2.13. The molecule has 0 bridgehead atoms. The van der Waals surface area contributed by atoms with Gasteiger partial charge in [0.05, 0.1) is 6.61 Å². The Morgan fingerprint density at radius 3 is 2.47 bits per heavy atom. The molecule has 0 saturated heterocycles. The molecule has 1 unspecified atom stereocenters. The van der Waals surface area contributed by atoms with Gasteiger partial charge in [0.25, 0.3) is 0 Å². The van der Waals surface area contributed by atoms with E-state index in [1.807, 2.05) is 13.8 Å². The van der Waals surface area contributed by atoms with Gasteiger partial charge in [-0.2, -0.15) is 0 Å². The minimum absolute atomic E-state index is 0.267. The number of aldehydes is 1. The Kier molecular flexibility index (Phi) is 6.77. The number of carbonyl (C=O) groups excluding carboxylic acids is 1. The van der Waals surface area contributed by atoms with Crippen molar-refractivity contribution in [1.29, 1.82) is 0 Å². The monoisotopic (exact) mass is 215 g/mol. The molecule has 15 heavy (non-hydrogen) atoms. The molecule has 0 N–H and O–H groups in total. The van der Waals surface area contributed by atoms with Crippen LogP contribution in [0, 0.1) is 5.41 Å². The summed E-state index contributed by atoms with van der Waals surface area (Å²) in [5, 5.41) is 0. The second-order valence-corrected chi connectivity index (χ2v) is 4.83. The van der Waals surface area contributed by atoms with E-state index in [0.29, 0.717) is 6.04 Å². The van der Waals surface area contributed by atoms with Crippen LogP contribution >= 0.6 is 0 Å². The first-order chi connectivity index (χ1) is 6.96. The van der Waals surface area contributed by atoms with Gasteiger partial charge < -0.3 is 9.53 Å². The summed E-state index contributed by atoms with van der Waals surface area (Å²) in [4.78, 5) is 13.2. The maximum atomic E-state index is 10.9. The highest BCUT2D eigenvalue weighted by molar-refractivity contribution is 5.58. The summed E-state index contributed by atoms with van der Waals surface area (Å²) in [6.45, 7) is 10.7. The average Bonchev–Trinajstić information content (AvgIpc) is 2.23. The summed E-state index contributed by atoms with van der Waals surface area (Å²) in [6, 6.07) is 0.499. The molecule has 0 aromatic carbocycles. The summed E-state index contributed by atoms with van der Waals surface area (Å²) in [7, 11) is 1.71. The molecule has 0 aliphatic rings. The molecular weight excluding hydrogens is 190 g/mol. The van der Waals surface area contributed by atoms with Gasteiger partial charge >= 0.3 is 0 Å². The van der Waals surface area contributed by atoms with Gasteiger partial charge in [0.15, 0.2) is 0 Å². The summed E-state index contributed by atoms with van der Waals surface area (Å²) >= 11 is 0. The zero-order chi connectivity index (χ0) is 11.9. The van der Waals surface area contributed by atoms with Crippen LogP contribution in [0.5, 0.6) is 0 Å². The van der Waals surface area contributed by atoms with Gasteiger partial charge in [-0.1, -0.05) is 20.8 Å². The Balaban J connectivity index is 4.29. The predicted octanol–water partition coefficient (Wildman–Crippen LogP) is 1.96. The van der Waals surface area contributed by atoms with Crippen LogP contribution in [0.4, 0.5) is 0 Å². The van der Waals surface area contributed by atoms with Crippen molar-refractivity contribution in [2.24, 2.45) is 5.41 Å². The fourth-order valence-electron chi connectivity index (χ4n) is 1.48. The second kappa shape index (κ2) is 6.96. The summed E-state index contributed by atoms with van der Waals surface area (Å²) in [5.74, 6) is 0. The third kappa shape index (κ3) is 5.90. The van der Waals surface area contributed by atoms with E-state index < -0.39 is 0 Å². The van der Waals surface area contributed by atoms with Gasteiger partial charge in [0.1, 0.15) is 6.29 Å². The molecular formula is C12H25NO2. The quantitative estimate of drug-likeness (QED) is 0.580. The van der Waals surface area contributed by atoms with Crippen molar-refractivity contribution in [3.8, 4) is 0 Å². The molecule has 3 nitrogen and oxygen atoms in total. The molecule has 0 amide bonds. The van der Waals surface area contributed by atoms with E-state index in [1.165, 1.54) is 0 Å². The van der Waals surface area contributed by atoms with E-state index in [9.17, 15) is 4.79 Å². The predicted molar refractivity (Wildman–Crippen MR) is 63.0 cm³/mol. The highest BCUT2D eigenvalue weighted by Gasteiger charge is 2.23. The molecule has 0 aliphatic heterocycles. The van der Waals surface area contributed by atoms with Crippen LogP contribution in [-0.4, -0.2) is 44.0 Å². The zero-order valence-corrected chi connectivity index (χ0v) is 10.7. The average molecular weight is 215 g/mol. The molecule has 0 rings (SSSR count). The topological polar surface area (TPSA) is 29.5 Å². The fourth-order valence-corrected chi connectivity index (χ4v) is 1.48. The van der Waals surface area contributed by atoms with Gasteiger partial charge in [-0.05, 0) is 13.3 Å². The number of hydrogen-bond donors (Lipinski definition) is 0. The number of methoxy groups -OCH3 is 1. The molecule has 0 saturated carbocycles. The summed E-state index contributed by atoms with van der Waals surface area (Å²) in [5.41, 5.74) is -0.267.